The first-order valence-electron chi connectivity index (χ1n) is 8.44. The Morgan fingerprint density at radius 2 is 2.00 bits per heavy atom. The number of carbonyl (C=O) groups is 1. The summed E-state index contributed by atoms with van der Waals surface area (Å²) in [7, 11) is 1.91. The molecule has 0 unspecified atom stereocenters. The lowest BCUT2D eigenvalue weighted by Crippen LogP contribution is -2.38. The minimum Gasteiger partial charge on any atom is -0.342 e. The molecule has 0 N–H and O–H groups in total. The Morgan fingerprint density at radius 1 is 1.25 bits per heavy atom. The minimum atomic E-state index is -0.318. The number of amides is 1. The molecule has 1 aliphatic rings. The molecule has 0 saturated carbocycles. The first kappa shape index (κ1) is 16.6. The lowest BCUT2D eigenvalue weighted by molar-refractivity contribution is -0.138. The second-order valence-corrected chi connectivity index (χ2v) is 7.55. The van der Waals surface area contributed by atoms with Crippen LogP contribution in [0, 0.1) is 11.3 Å². The van der Waals surface area contributed by atoms with Crippen LogP contribution in [0.4, 0.5) is 0 Å². The molecule has 3 rings (SSSR count). The summed E-state index contributed by atoms with van der Waals surface area (Å²) in [5.74, 6) is 0.663. The standard InChI is InChI=1S/C18H25N5O/c1-18(2,3)17(24)23-10-6-13(12-23)11-14-16(20-9-8-19-14)15-5-7-21-22(15)4/h5,7-9,13H,6,10-12H2,1-4H3/t13-/m1/s1. The van der Waals surface area contributed by atoms with Crippen LogP contribution in [0.5, 0.6) is 0 Å². The average Bonchev–Trinajstić information content (AvgIpc) is 3.15. The molecule has 0 spiro atoms. The Morgan fingerprint density at radius 3 is 2.67 bits per heavy atom. The van der Waals surface area contributed by atoms with Gasteiger partial charge in [0.1, 0.15) is 5.69 Å². The van der Waals surface area contributed by atoms with E-state index < -0.39 is 0 Å². The number of hydrogen-bond donors (Lipinski definition) is 0. The van der Waals surface area contributed by atoms with E-state index in [1.807, 2.05) is 43.5 Å². The summed E-state index contributed by atoms with van der Waals surface area (Å²) >= 11 is 0. The molecule has 1 atom stereocenters. The van der Waals surface area contributed by atoms with Crippen molar-refractivity contribution >= 4 is 5.91 Å². The molecule has 2 aromatic rings. The van der Waals surface area contributed by atoms with Crippen LogP contribution in [0.15, 0.2) is 24.7 Å². The van der Waals surface area contributed by atoms with Gasteiger partial charge in [0, 0.05) is 44.1 Å². The highest BCUT2D eigenvalue weighted by molar-refractivity contribution is 5.81. The Labute approximate surface area is 142 Å². The number of hydrogen-bond acceptors (Lipinski definition) is 4. The molecule has 128 valence electrons. The van der Waals surface area contributed by atoms with Crippen molar-refractivity contribution in [2.75, 3.05) is 13.1 Å². The Kier molecular flexibility index (Phi) is 4.39. The molecule has 0 bridgehead atoms. The van der Waals surface area contributed by atoms with Crippen LogP contribution in [0.1, 0.15) is 32.9 Å². The molecule has 6 nitrogen and oxygen atoms in total. The molecule has 1 amide bonds. The topological polar surface area (TPSA) is 63.9 Å². The summed E-state index contributed by atoms with van der Waals surface area (Å²) in [5.41, 5.74) is 2.52. The highest BCUT2D eigenvalue weighted by Gasteiger charge is 2.33. The smallest absolute Gasteiger partial charge is 0.227 e. The van der Waals surface area contributed by atoms with Crippen molar-refractivity contribution in [3.63, 3.8) is 0 Å². The van der Waals surface area contributed by atoms with Gasteiger partial charge >= 0.3 is 0 Å². The number of likely N-dealkylation sites (tertiary alicyclic amines) is 1. The first-order valence-corrected chi connectivity index (χ1v) is 8.44. The minimum absolute atomic E-state index is 0.232. The lowest BCUT2D eigenvalue weighted by atomic mass is 9.95. The van der Waals surface area contributed by atoms with Gasteiger partial charge in [-0.25, -0.2) is 0 Å². The molecule has 2 aromatic heterocycles. The van der Waals surface area contributed by atoms with E-state index in [-0.39, 0.29) is 11.3 Å². The summed E-state index contributed by atoms with van der Waals surface area (Å²) in [5, 5.41) is 4.22. The molecule has 1 fully saturated rings. The molecule has 24 heavy (non-hydrogen) atoms. The summed E-state index contributed by atoms with van der Waals surface area (Å²) in [6.45, 7) is 7.57. The van der Waals surface area contributed by atoms with Crippen LogP contribution in [0.25, 0.3) is 11.4 Å². The second-order valence-electron chi connectivity index (χ2n) is 7.55. The van der Waals surface area contributed by atoms with E-state index in [2.05, 4.69) is 15.1 Å². The van der Waals surface area contributed by atoms with Crippen molar-refractivity contribution in [2.45, 2.75) is 33.6 Å². The molecule has 1 saturated heterocycles. The zero-order valence-electron chi connectivity index (χ0n) is 14.9. The van der Waals surface area contributed by atoms with E-state index in [1.54, 1.807) is 18.6 Å². The van der Waals surface area contributed by atoms with Crippen LogP contribution in [0.2, 0.25) is 0 Å². The maximum Gasteiger partial charge on any atom is 0.227 e. The zero-order valence-corrected chi connectivity index (χ0v) is 14.9. The van der Waals surface area contributed by atoms with E-state index in [9.17, 15) is 4.79 Å². The van der Waals surface area contributed by atoms with E-state index in [0.717, 1.165) is 43.0 Å². The molecule has 0 radical (unpaired) electrons. The number of rotatable bonds is 3. The quantitative estimate of drug-likeness (QED) is 0.868. The van der Waals surface area contributed by atoms with E-state index >= 15 is 0 Å². The Balaban J connectivity index is 1.75. The summed E-state index contributed by atoms with van der Waals surface area (Å²) in [4.78, 5) is 23.5. The molecule has 0 aromatic carbocycles. The normalized spacial score (nSPS) is 18.2. The fraction of sp³-hybridized carbons (Fsp3) is 0.556. The zero-order chi connectivity index (χ0) is 17.3. The van der Waals surface area contributed by atoms with E-state index in [0.29, 0.717) is 5.92 Å². The molecular formula is C18H25N5O. The van der Waals surface area contributed by atoms with Crippen molar-refractivity contribution in [3.05, 3.63) is 30.4 Å². The monoisotopic (exact) mass is 327 g/mol. The van der Waals surface area contributed by atoms with Gasteiger partial charge in [0.05, 0.1) is 11.4 Å². The summed E-state index contributed by atoms with van der Waals surface area (Å²) < 4.78 is 1.82. The van der Waals surface area contributed by atoms with Gasteiger partial charge in [-0.1, -0.05) is 20.8 Å². The average molecular weight is 327 g/mol. The molecule has 6 heteroatoms. The van der Waals surface area contributed by atoms with Gasteiger partial charge in [-0.3, -0.25) is 19.4 Å². The second kappa shape index (κ2) is 6.34. The highest BCUT2D eigenvalue weighted by Crippen LogP contribution is 2.28. The van der Waals surface area contributed by atoms with Gasteiger partial charge in [-0.15, -0.1) is 0 Å². The Hall–Kier alpha value is -2.24. The van der Waals surface area contributed by atoms with Crippen molar-refractivity contribution in [1.29, 1.82) is 0 Å². The molecular weight excluding hydrogens is 302 g/mol. The third-order valence-corrected chi connectivity index (χ3v) is 4.53. The molecule has 0 aliphatic carbocycles. The summed E-state index contributed by atoms with van der Waals surface area (Å²) in [6, 6.07) is 1.96. The van der Waals surface area contributed by atoms with E-state index in [1.165, 1.54) is 0 Å². The predicted octanol–water partition coefficient (Wildman–Crippen LogP) is 2.31. The maximum atomic E-state index is 12.4. The summed E-state index contributed by atoms with van der Waals surface area (Å²) in [6.07, 6.45) is 7.08. The Bertz CT molecular complexity index is 731. The third kappa shape index (κ3) is 3.32. The van der Waals surface area contributed by atoms with Crippen LogP contribution < -0.4 is 0 Å². The van der Waals surface area contributed by atoms with Crippen LogP contribution in [0.3, 0.4) is 0 Å². The number of carbonyl (C=O) groups excluding carboxylic acids is 1. The van der Waals surface area contributed by atoms with Crippen molar-refractivity contribution in [3.8, 4) is 11.4 Å². The maximum absolute atomic E-state index is 12.4. The van der Waals surface area contributed by atoms with Gasteiger partial charge in [-0.2, -0.15) is 5.10 Å². The number of nitrogens with zero attached hydrogens (tertiary/aromatic N) is 5. The SMILES string of the molecule is Cn1nccc1-c1nccnc1C[C@H]1CCN(C(=O)C(C)(C)C)C1. The van der Waals surface area contributed by atoms with Crippen molar-refractivity contribution < 1.29 is 4.79 Å². The fourth-order valence-electron chi connectivity index (χ4n) is 3.27. The van der Waals surface area contributed by atoms with Crippen molar-refractivity contribution in [2.24, 2.45) is 18.4 Å². The largest absolute Gasteiger partial charge is 0.342 e. The van der Waals surface area contributed by atoms with Gasteiger partial charge < -0.3 is 4.90 Å². The van der Waals surface area contributed by atoms with Crippen LogP contribution in [-0.2, 0) is 18.3 Å². The van der Waals surface area contributed by atoms with E-state index in [4.69, 9.17) is 0 Å². The molecule has 3 heterocycles. The van der Waals surface area contributed by atoms with Gasteiger partial charge in [-0.05, 0) is 24.8 Å². The third-order valence-electron chi connectivity index (χ3n) is 4.53. The van der Waals surface area contributed by atoms with Crippen LogP contribution in [-0.4, -0.2) is 43.6 Å². The number of aromatic nitrogens is 4. The van der Waals surface area contributed by atoms with Gasteiger partial charge in [0.25, 0.3) is 0 Å². The van der Waals surface area contributed by atoms with Crippen LogP contribution >= 0.6 is 0 Å². The van der Waals surface area contributed by atoms with Gasteiger partial charge in [0.15, 0.2) is 0 Å². The van der Waals surface area contributed by atoms with Gasteiger partial charge in [0.2, 0.25) is 5.91 Å². The molecule has 1 aliphatic heterocycles. The number of aryl methyl sites for hydroxylation is 1. The predicted molar refractivity (Wildman–Crippen MR) is 92.1 cm³/mol. The van der Waals surface area contributed by atoms with Crippen molar-refractivity contribution in [1.82, 2.24) is 24.6 Å². The highest BCUT2D eigenvalue weighted by atomic mass is 16.2. The fourth-order valence-corrected chi connectivity index (χ4v) is 3.27. The first-order chi connectivity index (χ1) is 11.4. The lowest BCUT2D eigenvalue weighted by Gasteiger charge is -2.25.